The smallest absolute Gasteiger partial charge is 0.360 e. The van der Waals surface area contributed by atoms with E-state index in [9.17, 15) is 4.79 Å². The van der Waals surface area contributed by atoms with Gasteiger partial charge >= 0.3 is 5.97 Å². The number of carbonyl (C=O) groups is 1. The van der Waals surface area contributed by atoms with Gasteiger partial charge in [-0.05, 0) is 0 Å². The van der Waals surface area contributed by atoms with Crippen molar-refractivity contribution in [3.8, 4) is 0 Å². The van der Waals surface area contributed by atoms with Crippen LogP contribution in [0.25, 0.3) is 0 Å². The van der Waals surface area contributed by atoms with Gasteiger partial charge in [0.2, 0.25) is 0 Å². The number of ether oxygens (including phenoxy) is 1. The number of nitrogen functional groups attached to an aromatic ring is 1. The van der Waals surface area contributed by atoms with Crippen LogP contribution in [0.15, 0.2) is 18.9 Å². The fourth-order valence-electron chi connectivity index (χ4n) is 0.918. The van der Waals surface area contributed by atoms with E-state index < -0.39 is 5.97 Å². The zero-order valence-corrected chi connectivity index (χ0v) is 7.36. The first kappa shape index (κ1) is 9.31. The molecule has 0 amide bonds. The number of hydrogen-bond acceptors (Lipinski definition) is 4. The van der Waals surface area contributed by atoms with Crippen LogP contribution in [0.4, 0.5) is 5.69 Å². The van der Waals surface area contributed by atoms with Crippen molar-refractivity contribution >= 4 is 11.7 Å². The summed E-state index contributed by atoms with van der Waals surface area (Å²) in [7, 11) is 1.29. The SMILES string of the molecule is C=CCn1cc(N)c(C(=O)OC)n1. The van der Waals surface area contributed by atoms with Crippen molar-refractivity contribution < 1.29 is 9.53 Å². The van der Waals surface area contributed by atoms with Crippen molar-refractivity contribution in [2.45, 2.75) is 6.54 Å². The monoisotopic (exact) mass is 181 g/mol. The Balaban J connectivity index is 2.95. The molecular weight excluding hydrogens is 170 g/mol. The van der Waals surface area contributed by atoms with E-state index in [4.69, 9.17) is 5.73 Å². The molecule has 0 spiro atoms. The molecule has 0 unspecified atom stereocenters. The third-order valence-corrected chi connectivity index (χ3v) is 1.48. The Morgan fingerprint density at radius 1 is 1.92 bits per heavy atom. The molecule has 0 aliphatic rings. The number of esters is 1. The Morgan fingerprint density at radius 2 is 2.62 bits per heavy atom. The van der Waals surface area contributed by atoms with Crippen molar-refractivity contribution in [3.05, 3.63) is 24.5 Å². The summed E-state index contributed by atoms with van der Waals surface area (Å²) in [5, 5.41) is 3.92. The molecule has 0 bridgehead atoms. The normalized spacial score (nSPS) is 9.62. The molecule has 0 aliphatic carbocycles. The lowest BCUT2D eigenvalue weighted by molar-refractivity contribution is 0.0594. The zero-order valence-electron chi connectivity index (χ0n) is 7.36. The van der Waals surface area contributed by atoms with E-state index in [0.717, 1.165) is 0 Å². The van der Waals surface area contributed by atoms with Crippen molar-refractivity contribution in [3.63, 3.8) is 0 Å². The van der Waals surface area contributed by atoms with Gasteiger partial charge in [-0.2, -0.15) is 5.10 Å². The van der Waals surface area contributed by atoms with E-state index >= 15 is 0 Å². The number of nitrogens with zero attached hydrogens (tertiary/aromatic N) is 2. The summed E-state index contributed by atoms with van der Waals surface area (Å²) in [6.45, 7) is 4.06. The van der Waals surface area contributed by atoms with E-state index in [0.29, 0.717) is 12.2 Å². The van der Waals surface area contributed by atoms with Crippen LogP contribution in [0, 0.1) is 0 Å². The van der Waals surface area contributed by atoms with E-state index in [1.165, 1.54) is 11.8 Å². The highest BCUT2D eigenvalue weighted by atomic mass is 16.5. The first-order valence-electron chi connectivity index (χ1n) is 3.71. The molecule has 0 saturated carbocycles. The quantitative estimate of drug-likeness (QED) is 0.542. The second kappa shape index (κ2) is 3.75. The molecule has 1 heterocycles. The fourth-order valence-corrected chi connectivity index (χ4v) is 0.918. The number of allylic oxidation sites excluding steroid dienone is 1. The molecule has 0 aromatic carbocycles. The van der Waals surface area contributed by atoms with Crippen molar-refractivity contribution in [1.82, 2.24) is 9.78 Å². The molecule has 5 nitrogen and oxygen atoms in total. The Hall–Kier alpha value is -1.78. The first-order chi connectivity index (χ1) is 6.19. The van der Waals surface area contributed by atoms with Gasteiger partial charge in [-0.3, -0.25) is 4.68 Å². The molecule has 2 N–H and O–H groups in total. The molecule has 1 aromatic heterocycles. The molecule has 13 heavy (non-hydrogen) atoms. The summed E-state index contributed by atoms with van der Waals surface area (Å²) >= 11 is 0. The number of rotatable bonds is 3. The maximum atomic E-state index is 11.0. The van der Waals surface area contributed by atoms with Gasteiger partial charge in [0.05, 0.1) is 19.3 Å². The van der Waals surface area contributed by atoms with Gasteiger partial charge in [-0.1, -0.05) is 6.08 Å². The van der Waals surface area contributed by atoms with Crippen molar-refractivity contribution in [1.29, 1.82) is 0 Å². The first-order valence-corrected chi connectivity index (χ1v) is 3.71. The highest BCUT2D eigenvalue weighted by Crippen LogP contribution is 2.09. The van der Waals surface area contributed by atoms with Crippen LogP contribution in [0.3, 0.4) is 0 Å². The Morgan fingerprint density at radius 3 is 3.15 bits per heavy atom. The van der Waals surface area contributed by atoms with Crippen LogP contribution < -0.4 is 5.73 Å². The minimum absolute atomic E-state index is 0.143. The molecular formula is C8H11N3O2. The van der Waals surface area contributed by atoms with Crippen LogP contribution in [-0.2, 0) is 11.3 Å². The summed E-state index contributed by atoms with van der Waals surface area (Å²) in [6, 6.07) is 0. The average molecular weight is 181 g/mol. The molecule has 0 radical (unpaired) electrons. The second-order valence-electron chi connectivity index (χ2n) is 2.44. The van der Waals surface area contributed by atoms with Crippen LogP contribution in [0.5, 0.6) is 0 Å². The number of anilines is 1. The number of aromatic nitrogens is 2. The summed E-state index contributed by atoms with van der Waals surface area (Å²) in [4.78, 5) is 11.0. The van der Waals surface area contributed by atoms with Crippen LogP contribution in [0.1, 0.15) is 10.5 Å². The van der Waals surface area contributed by atoms with Crippen molar-refractivity contribution in [2.75, 3.05) is 12.8 Å². The second-order valence-corrected chi connectivity index (χ2v) is 2.44. The summed E-state index contributed by atoms with van der Waals surface area (Å²) in [6.07, 6.45) is 3.22. The molecule has 1 aromatic rings. The van der Waals surface area contributed by atoms with E-state index in [1.807, 2.05) is 0 Å². The Bertz CT molecular complexity index is 330. The highest BCUT2D eigenvalue weighted by Gasteiger charge is 2.14. The van der Waals surface area contributed by atoms with Crippen molar-refractivity contribution in [2.24, 2.45) is 0 Å². The third kappa shape index (κ3) is 1.87. The average Bonchev–Trinajstić information content (AvgIpc) is 2.46. The van der Waals surface area contributed by atoms with Crippen LogP contribution in [-0.4, -0.2) is 22.9 Å². The summed E-state index contributed by atoms with van der Waals surface area (Å²) < 4.78 is 6.01. The molecule has 0 fully saturated rings. The molecule has 70 valence electrons. The number of methoxy groups -OCH3 is 1. The number of nitrogens with two attached hydrogens (primary N) is 1. The molecule has 0 aliphatic heterocycles. The fraction of sp³-hybridized carbons (Fsp3) is 0.250. The topological polar surface area (TPSA) is 70.1 Å². The molecule has 5 heteroatoms. The number of carbonyl (C=O) groups excluding carboxylic acids is 1. The summed E-state index contributed by atoms with van der Waals surface area (Å²) in [5.74, 6) is -0.527. The molecule has 0 atom stereocenters. The standard InChI is InChI=1S/C8H11N3O2/c1-3-4-11-5-6(9)7(10-11)8(12)13-2/h3,5H,1,4,9H2,2H3. The Kier molecular flexibility index (Phi) is 2.69. The molecule has 1 rings (SSSR count). The van der Waals surface area contributed by atoms with E-state index in [2.05, 4.69) is 16.4 Å². The largest absolute Gasteiger partial charge is 0.464 e. The summed E-state index contributed by atoms with van der Waals surface area (Å²) in [5.41, 5.74) is 5.99. The maximum absolute atomic E-state index is 11.0. The lowest BCUT2D eigenvalue weighted by Gasteiger charge is -1.94. The van der Waals surface area contributed by atoms with Crippen LogP contribution >= 0.6 is 0 Å². The zero-order chi connectivity index (χ0) is 9.84. The number of hydrogen-bond donors (Lipinski definition) is 1. The molecule has 0 saturated heterocycles. The predicted molar refractivity (Wildman–Crippen MR) is 48.2 cm³/mol. The highest BCUT2D eigenvalue weighted by molar-refractivity contribution is 5.92. The van der Waals surface area contributed by atoms with Gasteiger partial charge in [0.1, 0.15) is 0 Å². The van der Waals surface area contributed by atoms with E-state index in [-0.39, 0.29) is 5.69 Å². The lowest BCUT2D eigenvalue weighted by Crippen LogP contribution is -2.06. The van der Waals surface area contributed by atoms with Gasteiger partial charge in [-0.25, -0.2) is 4.79 Å². The third-order valence-electron chi connectivity index (χ3n) is 1.48. The van der Waals surface area contributed by atoms with Gasteiger partial charge in [-0.15, -0.1) is 6.58 Å². The van der Waals surface area contributed by atoms with E-state index in [1.54, 1.807) is 12.3 Å². The van der Waals surface area contributed by atoms with Gasteiger partial charge < -0.3 is 10.5 Å². The Labute approximate surface area is 75.8 Å². The van der Waals surface area contributed by atoms with Crippen LogP contribution in [0.2, 0.25) is 0 Å². The minimum atomic E-state index is -0.527. The van der Waals surface area contributed by atoms with Gasteiger partial charge in [0, 0.05) is 6.20 Å². The predicted octanol–water partition coefficient (Wildman–Crippen LogP) is 0.438. The minimum Gasteiger partial charge on any atom is -0.464 e. The maximum Gasteiger partial charge on any atom is 0.360 e. The van der Waals surface area contributed by atoms with Gasteiger partial charge in [0.25, 0.3) is 0 Å². The van der Waals surface area contributed by atoms with Gasteiger partial charge in [0.15, 0.2) is 5.69 Å². The lowest BCUT2D eigenvalue weighted by atomic mass is 10.4.